The van der Waals surface area contributed by atoms with Crippen LogP contribution in [0.25, 0.3) is 21.8 Å². The molecule has 2 saturated heterocycles. The van der Waals surface area contributed by atoms with Crippen molar-refractivity contribution in [2.75, 3.05) is 37.8 Å². The summed E-state index contributed by atoms with van der Waals surface area (Å²) >= 11 is 8.34. The van der Waals surface area contributed by atoms with Gasteiger partial charge in [-0.25, -0.2) is 9.59 Å². The number of carbonyl (C=O) groups excluding carboxylic acids is 8. The summed E-state index contributed by atoms with van der Waals surface area (Å²) in [6.45, 7) is 4.75. The van der Waals surface area contributed by atoms with Crippen LogP contribution in [0, 0.1) is 0 Å². The first-order valence-corrected chi connectivity index (χ1v) is 23.2. The molecule has 18 heteroatoms. The molecule has 0 aliphatic carbocycles. The Morgan fingerprint density at radius 2 is 0.970 bits per heavy atom. The van der Waals surface area contributed by atoms with Gasteiger partial charge >= 0.3 is 11.9 Å². The molecule has 66 heavy (non-hydrogen) atoms. The van der Waals surface area contributed by atoms with Gasteiger partial charge in [0.15, 0.2) is 0 Å². The van der Waals surface area contributed by atoms with Crippen LogP contribution in [0.2, 0.25) is 0 Å². The molecule has 0 saturated carbocycles. The highest BCUT2D eigenvalue weighted by Gasteiger charge is 2.41. The quantitative estimate of drug-likeness (QED) is 0.0432. The van der Waals surface area contributed by atoms with Crippen molar-refractivity contribution in [3.05, 3.63) is 107 Å². The predicted octanol–water partition coefficient (Wildman–Crippen LogP) is 4.00. The van der Waals surface area contributed by atoms with Gasteiger partial charge in [0.2, 0.25) is 11.8 Å². The van der Waals surface area contributed by atoms with Crippen molar-refractivity contribution in [2.45, 2.75) is 76.8 Å². The molecule has 2 N–H and O–H groups in total. The third-order valence-corrected chi connectivity index (χ3v) is 12.7. The number of esters is 2. The van der Waals surface area contributed by atoms with Crippen LogP contribution in [0.1, 0.15) is 71.4 Å². The molecular formula is C48H52N6O10S2. The largest absolute Gasteiger partial charge is 0.464 e. The lowest BCUT2D eigenvalue weighted by atomic mass is 10.1. The number of aromatic nitrogens is 2. The average Bonchev–Trinajstić information content (AvgIpc) is 4.16. The number of nitrogens with one attached hydrogen (secondary N) is 2. The number of rotatable bonds is 18. The number of ketones is 2. The Kier molecular flexibility index (Phi) is 15.3. The van der Waals surface area contributed by atoms with E-state index >= 15 is 0 Å². The zero-order valence-corrected chi connectivity index (χ0v) is 38.4. The number of ether oxygens (including phenoxy) is 2. The normalized spacial score (nSPS) is 16.8. The van der Waals surface area contributed by atoms with Crippen LogP contribution < -0.4 is 10.6 Å². The molecule has 0 radical (unpaired) electrons. The van der Waals surface area contributed by atoms with Crippen molar-refractivity contribution in [3.8, 4) is 0 Å². The summed E-state index contributed by atoms with van der Waals surface area (Å²) < 4.78 is 13.9. The Morgan fingerprint density at radius 1 is 0.591 bits per heavy atom. The minimum atomic E-state index is -0.993. The fourth-order valence-corrected chi connectivity index (χ4v) is 9.18. The molecule has 0 bridgehead atoms. The Bertz CT molecular complexity index is 2500. The highest BCUT2D eigenvalue weighted by atomic mass is 32.1. The second-order valence-electron chi connectivity index (χ2n) is 16.2. The summed E-state index contributed by atoms with van der Waals surface area (Å²) in [5, 5.41) is 6.43. The van der Waals surface area contributed by atoms with E-state index < -0.39 is 71.3 Å². The second-order valence-corrected chi connectivity index (χ2v) is 16.9. The van der Waals surface area contributed by atoms with Crippen molar-refractivity contribution in [1.82, 2.24) is 29.6 Å². The fourth-order valence-electron chi connectivity index (χ4n) is 8.70. The summed E-state index contributed by atoms with van der Waals surface area (Å²) in [7, 11) is 0. The van der Waals surface area contributed by atoms with Gasteiger partial charge in [0.25, 0.3) is 23.4 Å². The van der Waals surface area contributed by atoms with E-state index in [1.165, 1.54) is 9.80 Å². The van der Waals surface area contributed by atoms with Gasteiger partial charge in [-0.3, -0.25) is 28.8 Å². The van der Waals surface area contributed by atoms with E-state index in [0.717, 1.165) is 22.2 Å². The van der Waals surface area contributed by atoms with Crippen molar-refractivity contribution in [2.24, 2.45) is 0 Å². The highest BCUT2D eigenvalue weighted by molar-refractivity contribution is 7.80. The number of thiol groups is 2. The van der Waals surface area contributed by atoms with Gasteiger partial charge in [0.1, 0.15) is 24.2 Å². The van der Waals surface area contributed by atoms with Crippen LogP contribution >= 0.6 is 25.3 Å². The van der Waals surface area contributed by atoms with E-state index in [0.29, 0.717) is 49.5 Å². The number of carbonyl (C=O) groups is 8. The van der Waals surface area contributed by atoms with Gasteiger partial charge in [-0.2, -0.15) is 25.3 Å². The molecule has 346 valence electrons. The van der Waals surface area contributed by atoms with Crippen molar-refractivity contribution < 1.29 is 47.8 Å². The Labute approximate surface area is 392 Å². The summed E-state index contributed by atoms with van der Waals surface area (Å²) in [6, 6.07) is 18.6. The zero-order valence-electron chi connectivity index (χ0n) is 36.6. The molecule has 4 heterocycles. The lowest BCUT2D eigenvalue weighted by molar-refractivity contribution is -0.147. The maximum Gasteiger partial charge on any atom is 0.329 e. The standard InChI is InChI=1S/C48H52N6O10S2/c1-3-63-47(61)35(27-65)49-43(57)39-15-9-21-53(39)45(59)41(55)33-25-51(37-13-7-5-11-31(33)37)23-29-17-19-30(20-18-29)24-52-26-34(32-12-6-8-14-38(32)52)42(56)46(60)54-22-10-16-40(54)44(58)50-36(28-66)48(62)64-4-2/h5-8,11-14,17-20,25-26,35-36,39-40,65-66H,3-4,9-10,15-16,21-24,27-28H2,1-2H3,(H,49,57)(H,50,58)/t35-,36-,39-,40?/m0/s1. The van der Waals surface area contributed by atoms with Gasteiger partial charge in [0.05, 0.1) is 24.3 Å². The van der Waals surface area contributed by atoms with Crippen molar-refractivity contribution in [1.29, 1.82) is 0 Å². The Morgan fingerprint density at radius 3 is 1.33 bits per heavy atom. The maximum absolute atomic E-state index is 13.9. The number of benzene rings is 3. The van der Waals surface area contributed by atoms with E-state index in [-0.39, 0.29) is 48.9 Å². The third kappa shape index (κ3) is 10.0. The molecule has 16 nitrogen and oxygen atoms in total. The van der Waals surface area contributed by atoms with Crippen molar-refractivity contribution >= 4 is 94.2 Å². The van der Waals surface area contributed by atoms with E-state index in [4.69, 9.17) is 9.47 Å². The third-order valence-electron chi connectivity index (χ3n) is 12.0. The fraction of sp³-hybridized carbons (Fsp3) is 0.375. The number of para-hydroxylation sites is 2. The molecular weight excluding hydrogens is 885 g/mol. The molecule has 2 aliphatic rings. The lowest BCUT2D eigenvalue weighted by Gasteiger charge is -2.25. The number of hydrogen-bond acceptors (Lipinski definition) is 12. The molecule has 4 amide bonds. The minimum Gasteiger partial charge on any atom is -0.464 e. The molecule has 2 aromatic heterocycles. The molecule has 4 atom stereocenters. The van der Waals surface area contributed by atoms with E-state index in [9.17, 15) is 38.4 Å². The van der Waals surface area contributed by atoms with Gasteiger partial charge in [0, 0.05) is 71.9 Å². The summed E-state index contributed by atoms with van der Waals surface area (Å²) in [6.07, 6.45) is 5.02. The van der Waals surface area contributed by atoms with Gasteiger partial charge in [-0.1, -0.05) is 60.7 Å². The number of Topliss-reactive ketones (excluding diaryl/α,β-unsaturated/α-hetero) is 2. The van der Waals surface area contributed by atoms with Crippen LogP contribution in [-0.2, 0) is 51.3 Å². The van der Waals surface area contributed by atoms with Gasteiger partial charge in [-0.05, 0) is 62.8 Å². The van der Waals surface area contributed by atoms with Crippen LogP contribution in [0.15, 0.2) is 85.2 Å². The maximum atomic E-state index is 13.9. The first-order chi connectivity index (χ1) is 31.9. The van der Waals surface area contributed by atoms with Crippen LogP contribution in [0.3, 0.4) is 0 Å². The topological polar surface area (TPSA) is 195 Å². The number of hydrogen-bond donors (Lipinski definition) is 4. The van der Waals surface area contributed by atoms with Crippen LogP contribution in [0.5, 0.6) is 0 Å². The number of likely N-dealkylation sites (tertiary alicyclic amines) is 2. The molecule has 5 aromatic rings. The van der Waals surface area contributed by atoms with Crippen molar-refractivity contribution in [3.63, 3.8) is 0 Å². The average molecular weight is 937 g/mol. The van der Waals surface area contributed by atoms with Crippen LogP contribution in [-0.4, -0.2) is 128 Å². The first-order valence-electron chi connectivity index (χ1n) is 22.0. The minimum absolute atomic E-state index is 0.00864. The molecule has 2 fully saturated rings. The molecule has 2 aliphatic heterocycles. The summed E-state index contributed by atoms with van der Waals surface area (Å²) in [5.74, 6) is -5.42. The predicted molar refractivity (Wildman–Crippen MR) is 251 cm³/mol. The van der Waals surface area contributed by atoms with Gasteiger partial charge < -0.3 is 39.0 Å². The SMILES string of the molecule is CCOC(=O)[C@H](CS)NC(=O)C1CCCN1C(=O)C(=O)c1cn(Cc2ccc(Cn3cc(C(=O)C(=O)N4CCC[C@H]4C(=O)N[C@@H](CS)C(=O)OCC)c4ccccc43)cc2)c2ccccc12. The monoisotopic (exact) mass is 936 g/mol. The highest BCUT2D eigenvalue weighted by Crippen LogP contribution is 2.28. The van der Waals surface area contributed by atoms with E-state index in [1.54, 1.807) is 50.5 Å². The molecule has 1 unspecified atom stereocenters. The number of amides is 4. The lowest BCUT2D eigenvalue weighted by Crippen LogP contribution is -2.52. The number of nitrogens with zero attached hydrogens (tertiary/aromatic N) is 4. The molecule has 7 rings (SSSR count). The Balaban J connectivity index is 1.04. The second kappa shape index (κ2) is 21.3. The van der Waals surface area contributed by atoms with E-state index in [2.05, 4.69) is 35.9 Å². The smallest absolute Gasteiger partial charge is 0.329 e. The molecule has 0 spiro atoms. The molecule has 3 aromatic carbocycles. The number of fused-ring (bicyclic) bond motifs is 2. The first kappa shape index (κ1) is 47.6. The zero-order chi connectivity index (χ0) is 47.1. The van der Waals surface area contributed by atoms with Gasteiger partial charge in [-0.15, -0.1) is 0 Å². The summed E-state index contributed by atoms with van der Waals surface area (Å²) in [5.41, 5.74) is 3.72. The van der Waals surface area contributed by atoms with Crippen LogP contribution in [0.4, 0.5) is 0 Å². The van der Waals surface area contributed by atoms with E-state index in [1.807, 2.05) is 57.7 Å². The summed E-state index contributed by atoms with van der Waals surface area (Å²) in [4.78, 5) is 109. The Hall–Kier alpha value is -6.40.